The average molecular weight is 244 g/mol. The van der Waals surface area contributed by atoms with E-state index in [1.807, 2.05) is 0 Å². The van der Waals surface area contributed by atoms with Gasteiger partial charge in [0.15, 0.2) is 0 Å². The van der Waals surface area contributed by atoms with Crippen molar-refractivity contribution >= 4 is 5.97 Å². The van der Waals surface area contributed by atoms with E-state index in [2.05, 4.69) is 4.74 Å². The number of rotatable bonds is 3. The zero-order valence-electron chi connectivity index (χ0n) is 4.68. The van der Waals surface area contributed by atoms with Gasteiger partial charge >= 0.3 is 5.97 Å². The number of hydrogen-bond donors (Lipinski definition) is 1. The number of carboxylic acid groups (broad SMARTS) is 1. The Bertz CT molecular complexity index is 64.3. The Labute approximate surface area is 81.8 Å². The van der Waals surface area contributed by atoms with Crippen molar-refractivity contribution in [2.45, 2.75) is 6.42 Å². The Hall–Kier alpha value is 0.807. The summed E-state index contributed by atoms with van der Waals surface area (Å²) in [5.74, 6) is -0.818. The van der Waals surface area contributed by atoms with Gasteiger partial charge in [0.25, 0.3) is 0 Å². The predicted octanol–water partition coefficient (Wildman–Crippen LogP) is 0.108. The average Bonchev–Trinajstić information content (AvgIpc) is 1.61. The molecule has 0 aromatic heterocycles. The van der Waals surface area contributed by atoms with Gasteiger partial charge in [0.2, 0.25) is 0 Å². The van der Waals surface area contributed by atoms with E-state index >= 15 is 0 Å². The molecular formula is C4H8CeO3. The summed E-state index contributed by atoms with van der Waals surface area (Å²) in [5, 5.41) is 7.96. The van der Waals surface area contributed by atoms with Crippen molar-refractivity contribution in [1.29, 1.82) is 0 Å². The summed E-state index contributed by atoms with van der Waals surface area (Å²) in [4.78, 5) is 9.68. The quantitative estimate of drug-likeness (QED) is 0.766. The third-order valence-electron chi connectivity index (χ3n) is 0.520. The first kappa shape index (κ1) is 11.6. The summed E-state index contributed by atoms with van der Waals surface area (Å²) < 4.78 is 4.47. The summed E-state index contributed by atoms with van der Waals surface area (Å²) in [6, 6.07) is 0. The third-order valence-corrected chi connectivity index (χ3v) is 0.520. The van der Waals surface area contributed by atoms with E-state index in [9.17, 15) is 4.79 Å². The first-order valence-corrected chi connectivity index (χ1v) is 1.98. The van der Waals surface area contributed by atoms with Gasteiger partial charge in [0.05, 0.1) is 13.0 Å². The molecule has 0 rings (SSSR count). The molecule has 0 aromatic rings. The van der Waals surface area contributed by atoms with Crippen LogP contribution >= 0.6 is 0 Å². The molecule has 46 valence electrons. The van der Waals surface area contributed by atoms with Gasteiger partial charge in [-0.1, -0.05) is 0 Å². The van der Waals surface area contributed by atoms with Crippen LogP contribution in [-0.4, -0.2) is 24.8 Å². The Morgan fingerprint density at radius 2 is 2.25 bits per heavy atom. The third kappa shape index (κ3) is 9.93. The van der Waals surface area contributed by atoms with Crippen LogP contribution < -0.4 is 0 Å². The van der Waals surface area contributed by atoms with E-state index in [0.29, 0.717) is 6.61 Å². The molecule has 3 nitrogen and oxygen atoms in total. The molecule has 0 bridgehead atoms. The van der Waals surface area contributed by atoms with Crippen molar-refractivity contribution in [2.75, 3.05) is 13.7 Å². The number of carboxylic acids is 1. The van der Waals surface area contributed by atoms with Crippen LogP contribution in [0.5, 0.6) is 0 Å². The van der Waals surface area contributed by atoms with Crippen molar-refractivity contribution in [2.24, 2.45) is 0 Å². The number of methoxy groups -OCH3 is 1. The largest absolute Gasteiger partial charge is 0.481 e. The molecule has 0 amide bonds. The Kier molecular flexibility index (Phi) is 11.3. The zero-order valence-corrected chi connectivity index (χ0v) is 7.82. The van der Waals surface area contributed by atoms with Crippen LogP contribution in [-0.2, 0) is 9.53 Å². The Balaban J connectivity index is 0. The van der Waals surface area contributed by atoms with Crippen molar-refractivity contribution in [1.82, 2.24) is 0 Å². The van der Waals surface area contributed by atoms with E-state index in [1.54, 1.807) is 0 Å². The molecule has 0 aliphatic rings. The van der Waals surface area contributed by atoms with Gasteiger partial charge in [0.1, 0.15) is 0 Å². The first-order valence-electron chi connectivity index (χ1n) is 1.98. The van der Waals surface area contributed by atoms with E-state index in [1.165, 1.54) is 7.11 Å². The van der Waals surface area contributed by atoms with Crippen LogP contribution in [0.25, 0.3) is 0 Å². The smallest absolute Gasteiger partial charge is 0.305 e. The summed E-state index contributed by atoms with van der Waals surface area (Å²) in [6.07, 6.45) is 0.0938. The first-order chi connectivity index (χ1) is 3.27. The molecular weight excluding hydrogens is 236 g/mol. The molecule has 0 fully saturated rings. The summed E-state index contributed by atoms with van der Waals surface area (Å²) in [5.41, 5.74) is 0. The molecule has 8 heavy (non-hydrogen) atoms. The maximum Gasteiger partial charge on any atom is 0.305 e. The molecule has 0 radical (unpaired) electrons. The topological polar surface area (TPSA) is 46.5 Å². The van der Waals surface area contributed by atoms with Crippen molar-refractivity contribution in [3.63, 3.8) is 0 Å². The second-order valence-electron chi connectivity index (χ2n) is 1.14. The van der Waals surface area contributed by atoms with Crippen LogP contribution in [0.2, 0.25) is 0 Å². The summed E-state index contributed by atoms with van der Waals surface area (Å²) >= 11 is 0. The molecule has 0 atom stereocenters. The van der Waals surface area contributed by atoms with Gasteiger partial charge in [-0.3, -0.25) is 4.79 Å². The standard InChI is InChI=1S/C4H8O3.Ce/c1-7-3-2-4(5)6;/h2-3H2,1H3,(H,5,6);. The molecule has 0 unspecified atom stereocenters. The minimum atomic E-state index is -0.818. The number of ether oxygens (including phenoxy) is 1. The van der Waals surface area contributed by atoms with Gasteiger partial charge in [0, 0.05) is 48.9 Å². The molecule has 0 heterocycles. The SMILES string of the molecule is COCCC(=O)O.[Ce]. The molecule has 0 saturated carbocycles. The fraction of sp³-hybridized carbons (Fsp3) is 0.750. The molecule has 0 aromatic carbocycles. The molecule has 0 aliphatic carbocycles. The maximum atomic E-state index is 9.68. The minimum Gasteiger partial charge on any atom is -0.481 e. The second kappa shape index (κ2) is 7.81. The minimum absolute atomic E-state index is 0. The van der Waals surface area contributed by atoms with E-state index < -0.39 is 5.97 Å². The van der Waals surface area contributed by atoms with Crippen LogP contribution in [0.3, 0.4) is 0 Å². The molecule has 0 spiro atoms. The van der Waals surface area contributed by atoms with Crippen molar-refractivity contribution in [3.8, 4) is 0 Å². The van der Waals surface area contributed by atoms with Gasteiger partial charge < -0.3 is 9.84 Å². The second-order valence-corrected chi connectivity index (χ2v) is 1.14. The predicted molar refractivity (Wildman–Crippen MR) is 24.1 cm³/mol. The fourth-order valence-corrected chi connectivity index (χ4v) is 0.189. The van der Waals surface area contributed by atoms with Crippen LogP contribution in [0.1, 0.15) is 6.42 Å². The molecule has 0 aliphatic heterocycles. The Morgan fingerprint density at radius 1 is 1.75 bits per heavy atom. The molecule has 1 N–H and O–H groups in total. The Morgan fingerprint density at radius 3 is 2.38 bits per heavy atom. The molecule has 0 saturated heterocycles. The zero-order chi connectivity index (χ0) is 5.70. The monoisotopic (exact) mass is 244 g/mol. The van der Waals surface area contributed by atoms with Crippen LogP contribution in [0.4, 0.5) is 0 Å². The van der Waals surface area contributed by atoms with Gasteiger partial charge in [-0.2, -0.15) is 0 Å². The maximum absolute atomic E-state index is 9.68. The fourth-order valence-electron chi connectivity index (χ4n) is 0.189. The van der Waals surface area contributed by atoms with Crippen LogP contribution in [0, 0.1) is 41.7 Å². The van der Waals surface area contributed by atoms with Crippen LogP contribution in [0.15, 0.2) is 0 Å². The summed E-state index contributed by atoms with van der Waals surface area (Å²) in [6.45, 7) is 0.301. The van der Waals surface area contributed by atoms with Gasteiger partial charge in [-0.05, 0) is 0 Å². The molecule has 4 heteroatoms. The van der Waals surface area contributed by atoms with Gasteiger partial charge in [-0.25, -0.2) is 0 Å². The number of aliphatic carboxylic acids is 1. The van der Waals surface area contributed by atoms with Crippen molar-refractivity contribution < 1.29 is 56.4 Å². The van der Waals surface area contributed by atoms with E-state index in [0.717, 1.165) is 0 Å². The summed E-state index contributed by atoms with van der Waals surface area (Å²) in [7, 11) is 1.48. The number of carbonyl (C=O) groups is 1. The van der Waals surface area contributed by atoms with E-state index in [-0.39, 0.29) is 48.2 Å². The number of hydrogen-bond acceptors (Lipinski definition) is 2. The van der Waals surface area contributed by atoms with Gasteiger partial charge in [-0.15, -0.1) is 0 Å². The van der Waals surface area contributed by atoms with Crippen molar-refractivity contribution in [3.05, 3.63) is 0 Å². The normalized spacial score (nSPS) is 7.62. The van der Waals surface area contributed by atoms with E-state index in [4.69, 9.17) is 5.11 Å².